The summed E-state index contributed by atoms with van der Waals surface area (Å²) in [7, 11) is 0. The van der Waals surface area contributed by atoms with Crippen LogP contribution in [0.3, 0.4) is 0 Å². The second-order valence-electron chi connectivity index (χ2n) is 7.90. The summed E-state index contributed by atoms with van der Waals surface area (Å²) in [4.78, 5) is 13.5. The van der Waals surface area contributed by atoms with Gasteiger partial charge >= 0.3 is 0 Å². The van der Waals surface area contributed by atoms with Crippen LogP contribution in [0.1, 0.15) is 15.9 Å². The lowest BCUT2D eigenvalue weighted by Crippen LogP contribution is -2.13. The molecule has 1 heterocycles. The number of anilines is 1. The highest BCUT2D eigenvalue weighted by Crippen LogP contribution is 2.30. The van der Waals surface area contributed by atoms with Gasteiger partial charge in [-0.25, -0.2) is 4.68 Å². The number of benzene rings is 4. The van der Waals surface area contributed by atoms with Crippen LogP contribution in [0.25, 0.3) is 28.1 Å². The highest BCUT2D eigenvalue weighted by atomic mass is 16.1. The smallest absolute Gasteiger partial charge is 0.259 e. The molecule has 0 aliphatic heterocycles. The van der Waals surface area contributed by atoms with Gasteiger partial charge in [-0.2, -0.15) is 5.10 Å². The summed E-state index contributed by atoms with van der Waals surface area (Å²) in [5.74, 6) is -0.198. The van der Waals surface area contributed by atoms with Crippen LogP contribution >= 0.6 is 0 Å². The molecule has 1 aromatic heterocycles. The van der Waals surface area contributed by atoms with E-state index in [1.165, 1.54) is 0 Å². The SMILES string of the molecule is Cc1ccc(-c2nn(-c3ccccc3)cc2C(=O)Nc2ccccc2-c2ccccc2)cc1. The normalized spacial score (nSPS) is 10.7. The number of para-hydroxylation sites is 2. The molecule has 4 heteroatoms. The van der Waals surface area contributed by atoms with Gasteiger partial charge in [-0.05, 0) is 30.7 Å². The zero-order valence-corrected chi connectivity index (χ0v) is 18.3. The summed E-state index contributed by atoms with van der Waals surface area (Å²) in [6.07, 6.45) is 1.80. The third-order valence-corrected chi connectivity index (χ3v) is 5.56. The monoisotopic (exact) mass is 429 g/mol. The highest BCUT2D eigenvalue weighted by molar-refractivity contribution is 6.09. The third-order valence-electron chi connectivity index (χ3n) is 5.56. The third kappa shape index (κ3) is 4.32. The second-order valence-corrected chi connectivity index (χ2v) is 7.90. The molecule has 0 saturated heterocycles. The van der Waals surface area contributed by atoms with Gasteiger partial charge in [0.1, 0.15) is 5.69 Å². The molecule has 5 aromatic rings. The molecule has 4 nitrogen and oxygen atoms in total. The summed E-state index contributed by atoms with van der Waals surface area (Å²) in [6.45, 7) is 2.04. The van der Waals surface area contributed by atoms with Crippen molar-refractivity contribution in [3.63, 3.8) is 0 Å². The average molecular weight is 430 g/mol. The van der Waals surface area contributed by atoms with E-state index >= 15 is 0 Å². The van der Waals surface area contributed by atoms with Crippen LogP contribution in [0.5, 0.6) is 0 Å². The van der Waals surface area contributed by atoms with Crippen LogP contribution in [-0.2, 0) is 0 Å². The lowest BCUT2D eigenvalue weighted by Gasteiger charge is -2.11. The van der Waals surface area contributed by atoms with Crippen LogP contribution in [0, 0.1) is 6.92 Å². The number of carbonyl (C=O) groups excluding carboxylic acids is 1. The summed E-state index contributed by atoms with van der Waals surface area (Å²) in [6, 6.07) is 35.8. The predicted molar refractivity (Wildman–Crippen MR) is 134 cm³/mol. The molecular weight excluding hydrogens is 406 g/mol. The van der Waals surface area contributed by atoms with Crippen LogP contribution in [0.4, 0.5) is 5.69 Å². The topological polar surface area (TPSA) is 46.9 Å². The minimum atomic E-state index is -0.198. The number of hydrogen-bond donors (Lipinski definition) is 1. The fourth-order valence-corrected chi connectivity index (χ4v) is 3.83. The van der Waals surface area contributed by atoms with E-state index < -0.39 is 0 Å². The number of nitrogens with one attached hydrogen (secondary N) is 1. The van der Waals surface area contributed by atoms with Gasteiger partial charge in [0, 0.05) is 23.0 Å². The minimum absolute atomic E-state index is 0.198. The van der Waals surface area contributed by atoms with Gasteiger partial charge in [0.2, 0.25) is 0 Å². The van der Waals surface area contributed by atoms with Crippen LogP contribution in [0.2, 0.25) is 0 Å². The Bertz CT molecular complexity index is 1390. The molecule has 0 bridgehead atoms. The zero-order valence-electron chi connectivity index (χ0n) is 18.3. The Morgan fingerprint density at radius 2 is 1.36 bits per heavy atom. The Balaban J connectivity index is 1.56. The number of aromatic nitrogens is 2. The first-order valence-electron chi connectivity index (χ1n) is 10.9. The van der Waals surface area contributed by atoms with Gasteiger partial charge in [-0.3, -0.25) is 4.79 Å². The van der Waals surface area contributed by atoms with Gasteiger partial charge in [-0.15, -0.1) is 0 Å². The second kappa shape index (κ2) is 8.97. The van der Waals surface area contributed by atoms with E-state index in [4.69, 9.17) is 5.10 Å². The van der Waals surface area contributed by atoms with E-state index in [2.05, 4.69) is 5.32 Å². The molecule has 33 heavy (non-hydrogen) atoms. The fourth-order valence-electron chi connectivity index (χ4n) is 3.83. The van der Waals surface area contributed by atoms with E-state index in [1.807, 2.05) is 116 Å². The molecular formula is C29H23N3O. The summed E-state index contributed by atoms with van der Waals surface area (Å²) >= 11 is 0. The Morgan fingerprint density at radius 3 is 2.09 bits per heavy atom. The number of amides is 1. The predicted octanol–water partition coefficient (Wildman–Crippen LogP) is 6.77. The average Bonchev–Trinajstić information content (AvgIpc) is 3.32. The number of carbonyl (C=O) groups is 1. The number of hydrogen-bond acceptors (Lipinski definition) is 2. The van der Waals surface area contributed by atoms with Gasteiger partial charge in [-0.1, -0.05) is 96.6 Å². The fraction of sp³-hybridized carbons (Fsp3) is 0.0345. The highest BCUT2D eigenvalue weighted by Gasteiger charge is 2.20. The Hall–Kier alpha value is -4.44. The van der Waals surface area contributed by atoms with Gasteiger partial charge in [0.05, 0.1) is 11.3 Å². The van der Waals surface area contributed by atoms with E-state index in [1.54, 1.807) is 10.9 Å². The molecule has 5 rings (SSSR count). The first-order valence-corrected chi connectivity index (χ1v) is 10.9. The first-order chi connectivity index (χ1) is 16.2. The Kier molecular flexibility index (Phi) is 5.56. The van der Waals surface area contributed by atoms with Crippen molar-refractivity contribution < 1.29 is 4.79 Å². The number of nitrogens with zero attached hydrogens (tertiary/aromatic N) is 2. The zero-order chi connectivity index (χ0) is 22.6. The molecule has 0 unspecified atom stereocenters. The quantitative estimate of drug-likeness (QED) is 0.335. The van der Waals surface area contributed by atoms with E-state index in [0.717, 1.165) is 33.6 Å². The van der Waals surface area contributed by atoms with Crippen LogP contribution in [0.15, 0.2) is 115 Å². The summed E-state index contributed by atoms with van der Waals surface area (Å²) in [5, 5.41) is 7.90. The molecule has 0 aliphatic carbocycles. The van der Waals surface area contributed by atoms with Crippen molar-refractivity contribution in [2.45, 2.75) is 6.92 Å². The van der Waals surface area contributed by atoms with Gasteiger partial charge in [0.25, 0.3) is 5.91 Å². The first kappa shape index (κ1) is 20.5. The van der Waals surface area contributed by atoms with E-state index in [-0.39, 0.29) is 5.91 Å². The van der Waals surface area contributed by atoms with E-state index in [9.17, 15) is 4.79 Å². The van der Waals surface area contributed by atoms with Gasteiger partial charge < -0.3 is 5.32 Å². The Morgan fingerprint density at radius 1 is 0.727 bits per heavy atom. The molecule has 0 atom stereocenters. The summed E-state index contributed by atoms with van der Waals surface area (Å²) < 4.78 is 1.76. The number of rotatable bonds is 5. The minimum Gasteiger partial charge on any atom is -0.321 e. The molecule has 0 fully saturated rings. The van der Waals surface area contributed by atoms with Crippen molar-refractivity contribution in [1.82, 2.24) is 9.78 Å². The molecule has 4 aromatic carbocycles. The van der Waals surface area contributed by atoms with Crippen molar-refractivity contribution in [3.05, 3.63) is 127 Å². The largest absolute Gasteiger partial charge is 0.321 e. The maximum atomic E-state index is 13.5. The van der Waals surface area contributed by atoms with E-state index in [0.29, 0.717) is 11.3 Å². The number of aryl methyl sites for hydroxylation is 1. The molecule has 0 radical (unpaired) electrons. The molecule has 1 amide bonds. The van der Waals surface area contributed by atoms with Gasteiger partial charge in [0.15, 0.2) is 0 Å². The lowest BCUT2D eigenvalue weighted by atomic mass is 10.0. The molecule has 160 valence electrons. The molecule has 0 spiro atoms. The van der Waals surface area contributed by atoms with Crippen molar-refractivity contribution in [2.24, 2.45) is 0 Å². The molecule has 0 aliphatic rings. The molecule has 1 N–H and O–H groups in total. The lowest BCUT2D eigenvalue weighted by molar-refractivity contribution is 0.102. The van der Waals surface area contributed by atoms with Crippen molar-refractivity contribution in [3.8, 4) is 28.1 Å². The maximum absolute atomic E-state index is 13.5. The van der Waals surface area contributed by atoms with Crippen molar-refractivity contribution in [2.75, 3.05) is 5.32 Å². The van der Waals surface area contributed by atoms with Crippen LogP contribution < -0.4 is 5.32 Å². The standard InChI is InChI=1S/C29H23N3O/c1-21-16-18-23(19-17-21)28-26(20-32(31-28)24-12-6-3-7-13-24)29(33)30-27-15-9-8-14-25(27)22-10-4-2-5-11-22/h2-20H,1H3,(H,30,33). The summed E-state index contributed by atoms with van der Waals surface area (Å²) in [5.41, 5.74) is 6.90. The maximum Gasteiger partial charge on any atom is 0.259 e. The molecule has 0 saturated carbocycles. The van der Waals surface area contributed by atoms with Crippen molar-refractivity contribution in [1.29, 1.82) is 0 Å². The Labute approximate surface area is 193 Å². The van der Waals surface area contributed by atoms with Crippen molar-refractivity contribution >= 4 is 11.6 Å². The van der Waals surface area contributed by atoms with Crippen LogP contribution in [-0.4, -0.2) is 15.7 Å².